The predicted octanol–water partition coefficient (Wildman–Crippen LogP) is 2.77. The summed E-state index contributed by atoms with van der Waals surface area (Å²) in [6.07, 6.45) is 0. The molecule has 0 amide bonds. The molecule has 150 valence electrons. The maximum atomic E-state index is 8.81. The van der Waals surface area contributed by atoms with E-state index in [9.17, 15) is 0 Å². The molecule has 0 aliphatic heterocycles. The molecule has 0 aliphatic carbocycles. The molecular formula is C22H26O6. The Kier molecular flexibility index (Phi) is 7.87. The maximum absolute atomic E-state index is 8.81. The van der Waals surface area contributed by atoms with E-state index in [4.69, 9.17) is 29.2 Å². The van der Waals surface area contributed by atoms with Crippen molar-refractivity contribution >= 4 is 21.5 Å². The van der Waals surface area contributed by atoms with Crippen molar-refractivity contribution in [3.63, 3.8) is 0 Å². The number of aliphatic hydroxyl groups is 2. The lowest BCUT2D eigenvalue weighted by molar-refractivity contribution is 0.0707. The maximum Gasteiger partial charge on any atom is 0.135 e. The van der Waals surface area contributed by atoms with Crippen LogP contribution in [0.5, 0.6) is 11.5 Å². The van der Waals surface area contributed by atoms with Gasteiger partial charge in [0.2, 0.25) is 0 Å². The van der Waals surface area contributed by atoms with Crippen molar-refractivity contribution in [3.05, 3.63) is 48.5 Å². The summed E-state index contributed by atoms with van der Waals surface area (Å²) in [5.41, 5.74) is 0. The van der Waals surface area contributed by atoms with Gasteiger partial charge < -0.3 is 29.2 Å². The first-order chi connectivity index (χ1) is 13.9. The average molecular weight is 386 g/mol. The second-order valence-corrected chi connectivity index (χ2v) is 6.12. The number of ether oxygens (including phenoxy) is 4. The Labute approximate surface area is 164 Å². The lowest BCUT2D eigenvalue weighted by atomic mass is 10.0. The Bertz CT molecular complexity index is 750. The van der Waals surface area contributed by atoms with Crippen molar-refractivity contribution in [2.75, 3.05) is 52.9 Å². The molecule has 0 radical (unpaired) electrons. The molecule has 3 aromatic carbocycles. The minimum Gasteiger partial charge on any atom is -0.490 e. The summed E-state index contributed by atoms with van der Waals surface area (Å²) < 4.78 is 22.8. The molecule has 6 nitrogen and oxygen atoms in total. The normalized spacial score (nSPS) is 11.2. The fraction of sp³-hybridized carbons (Fsp3) is 0.364. The molecule has 6 heteroatoms. The van der Waals surface area contributed by atoms with Gasteiger partial charge >= 0.3 is 0 Å². The minimum atomic E-state index is -0.0000834. The molecule has 0 aromatic heterocycles. The fourth-order valence-corrected chi connectivity index (χ4v) is 3.10. The molecule has 0 saturated heterocycles. The lowest BCUT2D eigenvalue weighted by Gasteiger charge is -2.18. The second kappa shape index (κ2) is 10.8. The average Bonchev–Trinajstić information content (AvgIpc) is 2.74. The van der Waals surface area contributed by atoms with Gasteiger partial charge in [0.05, 0.1) is 39.6 Å². The van der Waals surface area contributed by atoms with Crippen molar-refractivity contribution in [2.45, 2.75) is 0 Å². The Morgan fingerprint density at radius 3 is 1.18 bits per heavy atom. The fourth-order valence-electron chi connectivity index (χ4n) is 3.10. The van der Waals surface area contributed by atoms with Gasteiger partial charge in [-0.25, -0.2) is 0 Å². The third-order valence-electron chi connectivity index (χ3n) is 4.25. The Morgan fingerprint density at radius 1 is 0.500 bits per heavy atom. The molecule has 0 spiro atoms. The first-order valence-corrected chi connectivity index (χ1v) is 9.43. The highest BCUT2D eigenvalue weighted by molar-refractivity contribution is 6.11. The van der Waals surface area contributed by atoms with Crippen LogP contribution in [0.2, 0.25) is 0 Å². The Morgan fingerprint density at radius 2 is 0.857 bits per heavy atom. The number of benzene rings is 3. The molecule has 0 aliphatic rings. The topological polar surface area (TPSA) is 77.4 Å². The largest absolute Gasteiger partial charge is 0.490 e. The van der Waals surface area contributed by atoms with Crippen LogP contribution in [-0.4, -0.2) is 63.1 Å². The van der Waals surface area contributed by atoms with E-state index in [1.807, 2.05) is 48.5 Å². The van der Waals surface area contributed by atoms with Crippen LogP contribution in [0, 0.1) is 0 Å². The van der Waals surface area contributed by atoms with Crippen LogP contribution in [0.1, 0.15) is 0 Å². The highest BCUT2D eigenvalue weighted by Crippen LogP contribution is 2.42. The van der Waals surface area contributed by atoms with Crippen LogP contribution in [0.15, 0.2) is 48.5 Å². The van der Waals surface area contributed by atoms with Crippen LogP contribution in [-0.2, 0) is 9.47 Å². The van der Waals surface area contributed by atoms with Crippen molar-refractivity contribution in [1.29, 1.82) is 0 Å². The highest BCUT2D eigenvalue weighted by atomic mass is 16.5. The number of hydrogen-bond acceptors (Lipinski definition) is 6. The van der Waals surface area contributed by atoms with Crippen LogP contribution in [0.3, 0.4) is 0 Å². The second-order valence-electron chi connectivity index (χ2n) is 6.12. The molecule has 3 aromatic rings. The summed E-state index contributed by atoms with van der Waals surface area (Å²) in [5, 5.41) is 21.5. The van der Waals surface area contributed by atoms with Crippen LogP contribution < -0.4 is 9.47 Å². The summed E-state index contributed by atoms with van der Waals surface area (Å²) in [6.45, 7) is 2.20. The van der Waals surface area contributed by atoms with Gasteiger partial charge in [-0.3, -0.25) is 0 Å². The zero-order chi connectivity index (χ0) is 19.6. The zero-order valence-corrected chi connectivity index (χ0v) is 15.8. The van der Waals surface area contributed by atoms with E-state index in [-0.39, 0.29) is 13.2 Å². The molecule has 0 saturated carbocycles. The SMILES string of the molecule is OCCOCCOc1c2ccccc2c(OCCOCCO)c2ccccc12. The predicted molar refractivity (Wildman–Crippen MR) is 108 cm³/mol. The van der Waals surface area contributed by atoms with Gasteiger partial charge in [0, 0.05) is 21.5 Å². The van der Waals surface area contributed by atoms with E-state index in [2.05, 4.69) is 0 Å². The standard InChI is InChI=1S/C22H26O6/c23-9-11-25-13-15-27-21-17-5-1-2-6-18(17)22(28-16-14-26-12-10-24)20-8-4-3-7-19(20)21/h1-8,23-24H,9-16H2. The quantitative estimate of drug-likeness (QED) is 0.368. The van der Waals surface area contributed by atoms with Gasteiger partial charge in [0.1, 0.15) is 24.7 Å². The van der Waals surface area contributed by atoms with Gasteiger partial charge in [-0.1, -0.05) is 48.5 Å². The summed E-state index contributed by atoms with van der Waals surface area (Å²) in [7, 11) is 0. The third-order valence-corrected chi connectivity index (χ3v) is 4.25. The Hall–Kier alpha value is -2.38. The highest BCUT2D eigenvalue weighted by Gasteiger charge is 2.15. The monoisotopic (exact) mass is 386 g/mol. The van der Waals surface area contributed by atoms with E-state index in [0.29, 0.717) is 39.6 Å². The number of hydrogen-bond donors (Lipinski definition) is 2. The molecule has 0 heterocycles. The summed E-state index contributed by atoms with van der Waals surface area (Å²) >= 11 is 0. The van der Waals surface area contributed by atoms with E-state index < -0.39 is 0 Å². The van der Waals surface area contributed by atoms with Gasteiger partial charge in [-0.05, 0) is 0 Å². The molecule has 0 unspecified atom stereocenters. The van der Waals surface area contributed by atoms with Gasteiger partial charge in [0.25, 0.3) is 0 Å². The summed E-state index contributed by atoms with van der Waals surface area (Å²) in [4.78, 5) is 0. The van der Waals surface area contributed by atoms with Crippen LogP contribution in [0.25, 0.3) is 21.5 Å². The Balaban J connectivity index is 1.91. The van der Waals surface area contributed by atoms with Gasteiger partial charge in [0.15, 0.2) is 0 Å². The van der Waals surface area contributed by atoms with Crippen LogP contribution >= 0.6 is 0 Å². The van der Waals surface area contributed by atoms with E-state index >= 15 is 0 Å². The van der Waals surface area contributed by atoms with Crippen molar-refractivity contribution < 1.29 is 29.2 Å². The third kappa shape index (κ3) is 4.91. The van der Waals surface area contributed by atoms with Crippen molar-refractivity contribution in [3.8, 4) is 11.5 Å². The van der Waals surface area contributed by atoms with E-state index in [1.165, 1.54) is 0 Å². The molecule has 0 bridgehead atoms. The summed E-state index contributed by atoms with van der Waals surface area (Å²) in [5.74, 6) is 1.59. The number of aliphatic hydroxyl groups excluding tert-OH is 2. The molecule has 2 N–H and O–H groups in total. The molecule has 0 fully saturated rings. The lowest BCUT2D eigenvalue weighted by Crippen LogP contribution is -2.11. The molecular weight excluding hydrogens is 360 g/mol. The van der Waals surface area contributed by atoms with Crippen molar-refractivity contribution in [2.24, 2.45) is 0 Å². The number of fused-ring (bicyclic) bond motifs is 2. The molecule has 3 rings (SSSR count). The minimum absolute atomic E-state index is 0.0000834. The van der Waals surface area contributed by atoms with Gasteiger partial charge in [-0.2, -0.15) is 0 Å². The van der Waals surface area contributed by atoms with E-state index in [1.54, 1.807) is 0 Å². The first-order valence-electron chi connectivity index (χ1n) is 9.43. The van der Waals surface area contributed by atoms with Crippen LogP contribution in [0.4, 0.5) is 0 Å². The first kappa shape index (κ1) is 20.4. The zero-order valence-electron chi connectivity index (χ0n) is 15.8. The van der Waals surface area contributed by atoms with E-state index in [0.717, 1.165) is 33.0 Å². The van der Waals surface area contributed by atoms with Gasteiger partial charge in [-0.15, -0.1) is 0 Å². The summed E-state index contributed by atoms with van der Waals surface area (Å²) in [6, 6.07) is 15.9. The smallest absolute Gasteiger partial charge is 0.135 e. The molecule has 0 atom stereocenters. The van der Waals surface area contributed by atoms with Crippen molar-refractivity contribution in [1.82, 2.24) is 0 Å². The molecule has 28 heavy (non-hydrogen) atoms. The number of rotatable bonds is 12.